The number of carbonyl (C=O) groups excluding carboxylic acids is 1. The van der Waals surface area contributed by atoms with Crippen molar-refractivity contribution in [3.63, 3.8) is 0 Å². The van der Waals surface area contributed by atoms with E-state index in [4.69, 9.17) is 9.47 Å². The number of ether oxygens (including phenoxy) is 2. The van der Waals surface area contributed by atoms with Crippen molar-refractivity contribution in [2.45, 2.75) is 19.3 Å². The van der Waals surface area contributed by atoms with E-state index >= 15 is 0 Å². The first-order valence-electron chi connectivity index (χ1n) is 6.20. The van der Waals surface area contributed by atoms with E-state index in [0.717, 1.165) is 29.7 Å². The molecule has 0 saturated carbocycles. The zero-order chi connectivity index (χ0) is 13.0. The topological polar surface area (TPSA) is 35.5 Å². The molecule has 1 aromatic rings. The van der Waals surface area contributed by atoms with Crippen LogP contribution in [0.4, 0.5) is 0 Å². The molecule has 1 atom stereocenters. The third-order valence-corrected chi connectivity index (χ3v) is 3.59. The minimum atomic E-state index is -0.184. The molecule has 0 N–H and O–H groups in total. The zero-order valence-electron chi connectivity index (χ0n) is 10.4. The van der Waals surface area contributed by atoms with Gasteiger partial charge < -0.3 is 9.47 Å². The Balaban J connectivity index is 2.14. The van der Waals surface area contributed by atoms with E-state index in [1.54, 1.807) is 0 Å². The predicted molar refractivity (Wildman–Crippen MR) is 72.4 cm³/mol. The van der Waals surface area contributed by atoms with Gasteiger partial charge in [0.25, 0.3) is 0 Å². The Labute approximate surface area is 116 Å². The van der Waals surface area contributed by atoms with Gasteiger partial charge in [0.2, 0.25) is 0 Å². The molecule has 1 aliphatic rings. The van der Waals surface area contributed by atoms with Crippen LogP contribution in [0.1, 0.15) is 24.8 Å². The molecule has 0 bridgehead atoms. The van der Waals surface area contributed by atoms with E-state index in [2.05, 4.69) is 15.9 Å². The van der Waals surface area contributed by atoms with Gasteiger partial charge in [-0.15, -0.1) is 0 Å². The lowest BCUT2D eigenvalue weighted by molar-refractivity contribution is -0.146. The average Bonchev–Trinajstić information content (AvgIpc) is 2.27. The van der Waals surface area contributed by atoms with Gasteiger partial charge in [-0.3, -0.25) is 4.79 Å². The minimum absolute atomic E-state index is 0.137. The standard InChI is InChI=1S/C14H17BrO3/c1-2-18-14(16)13(6-10-8-17-9-10)11-4-3-5-12(15)7-11/h3-5,7,10,13H,2,6,8-9H2,1H3. The molecular weight excluding hydrogens is 296 g/mol. The number of hydrogen-bond donors (Lipinski definition) is 0. The molecular formula is C14H17BrO3. The quantitative estimate of drug-likeness (QED) is 0.784. The SMILES string of the molecule is CCOC(=O)C(CC1COC1)c1cccc(Br)c1. The Morgan fingerprint density at radius 2 is 2.33 bits per heavy atom. The molecule has 18 heavy (non-hydrogen) atoms. The lowest BCUT2D eigenvalue weighted by Gasteiger charge is -2.29. The van der Waals surface area contributed by atoms with Crippen LogP contribution in [-0.4, -0.2) is 25.8 Å². The van der Waals surface area contributed by atoms with Gasteiger partial charge >= 0.3 is 5.97 Å². The summed E-state index contributed by atoms with van der Waals surface area (Å²) in [5, 5.41) is 0. The van der Waals surface area contributed by atoms with Crippen molar-refractivity contribution in [2.24, 2.45) is 5.92 Å². The molecule has 1 unspecified atom stereocenters. The summed E-state index contributed by atoms with van der Waals surface area (Å²) in [6.07, 6.45) is 0.801. The second-order valence-corrected chi connectivity index (χ2v) is 5.41. The molecule has 0 amide bonds. The van der Waals surface area contributed by atoms with E-state index in [1.165, 1.54) is 0 Å². The number of halogens is 1. The van der Waals surface area contributed by atoms with E-state index in [0.29, 0.717) is 12.5 Å². The van der Waals surface area contributed by atoms with Gasteiger partial charge in [-0.2, -0.15) is 0 Å². The van der Waals surface area contributed by atoms with E-state index in [9.17, 15) is 4.79 Å². The molecule has 3 nitrogen and oxygen atoms in total. The Hall–Kier alpha value is -0.870. The van der Waals surface area contributed by atoms with Crippen LogP contribution in [0.5, 0.6) is 0 Å². The van der Waals surface area contributed by atoms with Crippen LogP contribution >= 0.6 is 15.9 Å². The van der Waals surface area contributed by atoms with Crippen molar-refractivity contribution in [1.29, 1.82) is 0 Å². The largest absolute Gasteiger partial charge is 0.466 e. The summed E-state index contributed by atoms with van der Waals surface area (Å²) in [5.74, 6) is 0.150. The average molecular weight is 313 g/mol. The molecule has 2 rings (SSSR count). The van der Waals surface area contributed by atoms with Crippen molar-refractivity contribution in [3.8, 4) is 0 Å². The van der Waals surface area contributed by atoms with Crippen molar-refractivity contribution >= 4 is 21.9 Å². The summed E-state index contributed by atoms with van der Waals surface area (Å²) in [6, 6.07) is 7.87. The van der Waals surface area contributed by atoms with Gasteiger partial charge in [-0.25, -0.2) is 0 Å². The fraction of sp³-hybridized carbons (Fsp3) is 0.500. The van der Waals surface area contributed by atoms with Crippen LogP contribution in [0.3, 0.4) is 0 Å². The summed E-state index contributed by atoms with van der Waals surface area (Å²) in [6.45, 7) is 3.76. The van der Waals surface area contributed by atoms with E-state index in [1.807, 2.05) is 31.2 Å². The highest BCUT2D eigenvalue weighted by Gasteiger charge is 2.29. The summed E-state index contributed by atoms with van der Waals surface area (Å²) in [4.78, 5) is 12.1. The molecule has 0 radical (unpaired) electrons. The number of esters is 1. The molecule has 0 spiro atoms. The molecule has 0 aromatic heterocycles. The Kier molecular flexibility index (Phi) is 4.78. The van der Waals surface area contributed by atoms with Crippen LogP contribution in [0.15, 0.2) is 28.7 Å². The highest BCUT2D eigenvalue weighted by molar-refractivity contribution is 9.10. The maximum Gasteiger partial charge on any atom is 0.313 e. The molecule has 1 heterocycles. The fourth-order valence-electron chi connectivity index (χ4n) is 2.09. The summed E-state index contributed by atoms with van der Waals surface area (Å²) < 4.78 is 11.3. The maximum atomic E-state index is 12.1. The van der Waals surface area contributed by atoms with Crippen molar-refractivity contribution in [3.05, 3.63) is 34.3 Å². The highest BCUT2D eigenvalue weighted by Crippen LogP contribution is 2.30. The first-order valence-corrected chi connectivity index (χ1v) is 7.00. The zero-order valence-corrected chi connectivity index (χ0v) is 12.0. The molecule has 4 heteroatoms. The van der Waals surface area contributed by atoms with Crippen LogP contribution in [-0.2, 0) is 14.3 Å². The molecule has 1 saturated heterocycles. The first-order chi connectivity index (χ1) is 8.70. The van der Waals surface area contributed by atoms with Crippen molar-refractivity contribution in [1.82, 2.24) is 0 Å². The Bertz CT molecular complexity index is 415. The monoisotopic (exact) mass is 312 g/mol. The molecule has 0 aliphatic carbocycles. The third-order valence-electron chi connectivity index (χ3n) is 3.10. The molecule has 98 valence electrons. The second-order valence-electron chi connectivity index (χ2n) is 4.50. The van der Waals surface area contributed by atoms with Crippen LogP contribution in [0.2, 0.25) is 0 Å². The van der Waals surface area contributed by atoms with Crippen LogP contribution in [0, 0.1) is 5.92 Å². The van der Waals surface area contributed by atoms with Gasteiger partial charge in [0.15, 0.2) is 0 Å². The number of benzene rings is 1. The van der Waals surface area contributed by atoms with E-state index in [-0.39, 0.29) is 11.9 Å². The number of rotatable bonds is 5. The normalized spacial score (nSPS) is 17.0. The lowest BCUT2D eigenvalue weighted by Crippen LogP contribution is -2.31. The van der Waals surface area contributed by atoms with Crippen molar-refractivity contribution in [2.75, 3.05) is 19.8 Å². The maximum absolute atomic E-state index is 12.1. The lowest BCUT2D eigenvalue weighted by atomic mass is 9.88. The van der Waals surface area contributed by atoms with E-state index < -0.39 is 0 Å². The van der Waals surface area contributed by atoms with Gasteiger partial charge in [0, 0.05) is 10.4 Å². The smallest absolute Gasteiger partial charge is 0.313 e. The van der Waals surface area contributed by atoms with Gasteiger partial charge in [-0.1, -0.05) is 28.1 Å². The summed E-state index contributed by atoms with van der Waals surface area (Å²) in [7, 11) is 0. The fourth-order valence-corrected chi connectivity index (χ4v) is 2.51. The second kappa shape index (κ2) is 6.34. The third kappa shape index (κ3) is 3.33. The number of carbonyl (C=O) groups is 1. The Morgan fingerprint density at radius 3 is 2.89 bits per heavy atom. The molecule has 1 aliphatic heterocycles. The number of hydrogen-bond acceptors (Lipinski definition) is 3. The van der Waals surface area contributed by atoms with Gasteiger partial charge in [0.1, 0.15) is 0 Å². The van der Waals surface area contributed by atoms with Crippen LogP contribution in [0.25, 0.3) is 0 Å². The highest BCUT2D eigenvalue weighted by atomic mass is 79.9. The van der Waals surface area contributed by atoms with Crippen molar-refractivity contribution < 1.29 is 14.3 Å². The van der Waals surface area contributed by atoms with Gasteiger partial charge in [-0.05, 0) is 31.0 Å². The summed E-state index contributed by atoms with van der Waals surface area (Å²) in [5.41, 5.74) is 1.01. The van der Waals surface area contributed by atoms with Gasteiger partial charge in [0.05, 0.1) is 25.7 Å². The van der Waals surface area contributed by atoms with Crippen LogP contribution < -0.4 is 0 Å². The molecule has 1 aromatic carbocycles. The molecule has 1 fully saturated rings. The first kappa shape index (κ1) is 13.6. The minimum Gasteiger partial charge on any atom is -0.466 e. The predicted octanol–water partition coefficient (Wildman–Crippen LogP) is 3.13. The Morgan fingerprint density at radius 1 is 1.56 bits per heavy atom. The summed E-state index contributed by atoms with van der Waals surface area (Å²) >= 11 is 3.44.